The van der Waals surface area contributed by atoms with E-state index in [9.17, 15) is 0 Å². The molecule has 2 heterocycles. The van der Waals surface area contributed by atoms with E-state index in [0.717, 1.165) is 29.7 Å². The lowest BCUT2D eigenvalue weighted by molar-refractivity contribution is 0.534. The normalized spacial score (nSPS) is 13.2. The highest BCUT2D eigenvalue weighted by molar-refractivity contribution is 5.78. The van der Waals surface area contributed by atoms with Crippen LogP contribution in [0, 0.1) is 6.92 Å². The summed E-state index contributed by atoms with van der Waals surface area (Å²) in [4.78, 5) is 4.47. The Balaban J connectivity index is 2.22. The largest absolute Gasteiger partial charge is 0.310 e. The van der Waals surface area contributed by atoms with Crippen LogP contribution >= 0.6 is 0 Å². The third-order valence-electron chi connectivity index (χ3n) is 3.19. The number of hydrogen-bond acceptors (Lipinski definition) is 3. The number of nitrogens with one attached hydrogen (secondary N) is 1. The van der Waals surface area contributed by atoms with Gasteiger partial charge in [-0.2, -0.15) is 5.10 Å². The van der Waals surface area contributed by atoms with Crippen LogP contribution in [0.1, 0.15) is 31.5 Å². The van der Waals surface area contributed by atoms with Crippen molar-refractivity contribution in [2.75, 3.05) is 0 Å². The Morgan fingerprint density at radius 1 is 1.47 bits per heavy atom. The van der Waals surface area contributed by atoms with Gasteiger partial charge in [0.05, 0.1) is 5.69 Å². The summed E-state index contributed by atoms with van der Waals surface area (Å²) in [5.74, 6) is 0. The third-order valence-corrected chi connectivity index (χ3v) is 3.19. The predicted molar refractivity (Wildman–Crippen MR) is 69.8 cm³/mol. The molecule has 0 aromatic carbocycles. The molecule has 92 valence electrons. The van der Waals surface area contributed by atoms with Gasteiger partial charge in [0.1, 0.15) is 0 Å². The first-order valence-corrected chi connectivity index (χ1v) is 6.13. The molecule has 0 bridgehead atoms. The summed E-state index contributed by atoms with van der Waals surface area (Å²) in [6.07, 6.45) is 3.07. The summed E-state index contributed by atoms with van der Waals surface area (Å²) >= 11 is 0. The van der Waals surface area contributed by atoms with Gasteiger partial charge in [0, 0.05) is 31.2 Å². The Morgan fingerprint density at radius 2 is 2.24 bits per heavy atom. The zero-order valence-corrected chi connectivity index (χ0v) is 11.0. The zero-order chi connectivity index (χ0) is 12.4. The van der Waals surface area contributed by atoms with E-state index in [-0.39, 0.29) is 0 Å². The second kappa shape index (κ2) is 4.84. The van der Waals surface area contributed by atoms with E-state index in [1.54, 1.807) is 0 Å². The fourth-order valence-corrected chi connectivity index (χ4v) is 1.88. The van der Waals surface area contributed by atoms with Crippen LogP contribution in [0.2, 0.25) is 0 Å². The van der Waals surface area contributed by atoms with Crippen LogP contribution < -0.4 is 5.32 Å². The van der Waals surface area contributed by atoms with E-state index in [0.29, 0.717) is 6.04 Å². The molecule has 0 saturated carbocycles. The molecule has 4 heteroatoms. The summed E-state index contributed by atoms with van der Waals surface area (Å²) in [7, 11) is 1.93. The molecule has 0 fully saturated rings. The number of aryl methyl sites for hydroxylation is 2. The standard InChI is InChI=1S/C13H20N4/c1-5-9(2)14-7-11-6-12-10(3)16-17(4)13(12)15-8-11/h6,8-9,14H,5,7H2,1-4H3. The quantitative estimate of drug-likeness (QED) is 0.878. The van der Waals surface area contributed by atoms with Crippen molar-refractivity contribution < 1.29 is 0 Å². The minimum absolute atomic E-state index is 0.542. The highest BCUT2D eigenvalue weighted by atomic mass is 15.3. The molecule has 0 amide bonds. The average Bonchev–Trinajstić information content (AvgIpc) is 2.62. The third kappa shape index (κ3) is 2.47. The van der Waals surface area contributed by atoms with Crippen molar-refractivity contribution in [2.45, 2.75) is 39.8 Å². The van der Waals surface area contributed by atoms with Crippen LogP contribution in [0.25, 0.3) is 11.0 Å². The maximum Gasteiger partial charge on any atom is 0.157 e. The number of fused-ring (bicyclic) bond motifs is 1. The Morgan fingerprint density at radius 3 is 2.94 bits per heavy atom. The number of rotatable bonds is 4. The van der Waals surface area contributed by atoms with Crippen LogP contribution in [0.5, 0.6) is 0 Å². The molecule has 0 aliphatic carbocycles. The highest BCUT2D eigenvalue weighted by Crippen LogP contribution is 2.16. The van der Waals surface area contributed by atoms with Crippen LogP contribution in [0.3, 0.4) is 0 Å². The molecule has 0 aliphatic rings. The molecule has 1 atom stereocenters. The first-order valence-electron chi connectivity index (χ1n) is 6.13. The summed E-state index contributed by atoms with van der Waals surface area (Å²) in [5.41, 5.74) is 3.21. The van der Waals surface area contributed by atoms with E-state index in [2.05, 4.69) is 35.3 Å². The van der Waals surface area contributed by atoms with Crippen molar-refractivity contribution >= 4 is 11.0 Å². The zero-order valence-electron chi connectivity index (χ0n) is 11.0. The van der Waals surface area contributed by atoms with E-state index >= 15 is 0 Å². The van der Waals surface area contributed by atoms with Crippen molar-refractivity contribution in [1.29, 1.82) is 0 Å². The minimum Gasteiger partial charge on any atom is -0.310 e. The second-order valence-corrected chi connectivity index (χ2v) is 4.61. The summed E-state index contributed by atoms with van der Waals surface area (Å²) in [6.45, 7) is 7.27. The van der Waals surface area contributed by atoms with Gasteiger partial charge < -0.3 is 5.32 Å². The van der Waals surface area contributed by atoms with Gasteiger partial charge >= 0.3 is 0 Å². The number of nitrogens with zero attached hydrogens (tertiary/aromatic N) is 3. The monoisotopic (exact) mass is 232 g/mol. The molecule has 1 unspecified atom stereocenters. The molecule has 0 spiro atoms. The average molecular weight is 232 g/mol. The maximum atomic E-state index is 4.47. The van der Waals surface area contributed by atoms with Crippen LogP contribution in [0.4, 0.5) is 0 Å². The van der Waals surface area contributed by atoms with E-state index in [1.807, 2.05) is 24.9 Å². The van der Waals surface area contributed by atoms with Crippen molar-refractivity contribution in [3.8, 4) is 0 Å². The van der Waals surface area contributed by atoms with E-state index in [1.165, 1.54) is 5.56 Å². The predicted octanol–water partition coefficient (Wildman–Crippen LogP) is 2.16. The van der Waals surface area contributed by atoms with Gasteiger partial charge in [0.25, 0.3) is 0 Å². The number of aromatic nitrogens is 3. The smallest absolute Gasteiger partial charge is 0.157 e. The Bertz CT molecular complexity index is 515. The SMILES string of the molecule is CCC(C)NCc1cnc2c(c1)c(C)nn2C. The Labute approximate surface area is 102 Å². The second-order valence-electron chi connectivity index (χ2n) is 4.61. The number of pyridine rings is 1. The molecule has 2 aromatic rings. The lowest BCUT2D eigenvalue weighted by Crippen LogP contribution is -2.24. The van der Waals surface area contributed by atoms with Gasteiger partial charge in [-0.15, -0.1) is 0 Å². The van der Waals surface area contributed by atoms with E-state index < -0.39 is 0 Å². The van der Waals surface area contributed by atoms with Gasteiger partial charge in [-0.05, 0) is 31.9 Å². The van der Waals surface area contributed by atoms with Crippen molar-refractivity contribution in [3.63, 3.8) is 0 Å². The maximum absolute atomic E-state index is 4.47. The molecule has 2 aromatic heterocycles. The summed E-state index contributed by atoms with van der Waals surface area (Å²) < 4.78 is 1.83. The fraction of sp³-hybridized carbons (Fsp3) is 0.538. The van der Waals surface area contributed by atoms with E-state index in [4.69, 9.17) is 0 Å². The first kappa shape index (κ1) is 12.0. The lowest BCUT2D eigenvalue weighted by atomic mass is 10.2. The fourth-order valence-electron chi connectivity index (χ4n) is 1.88. The molecule has 0 saturated heterocycles. The molecular formula is C13H20N4. The van der Waals surface area contributed by atoms with Gasteiger partial charge in [-0.25, -0.2) is 4.98 Å². The highest BCUT2D eigenvalue weighted by Gasteiger charge is 2.07. The van der Waals surface area contributed by atoms with Crippen molar-refractivity contribution in [3.05, 3.63) is 23.5 Å². The molecule has 2 rings (SSSR count). The first-order chi connectivity index (χ1) is 8.11. The van der Waals surface area contributed by atoms with Gasteiger partial charge in [-0.3, -0.25) is 4.68 Å². The topological polar surface area (TPSA) is 42.7 Å². The van der Waals surface area contributed by atoms with Gasteiger partial charge in [-0.1, -0.05) is 6.92 Å². The van der Waals surface area contributed by atoms with Crippen molar-refractivity contribution in [2.24, 2.45) is 7.05 Å². The summed E-state index contributed by atoms with van der Waals surface area (Å²) in [6, 6.07) is 2.72. The molecule has 0 radical (unpaired) electrons. The van der Waals surface area contributed by atoms with Crippen LogP contribution in [-0.4, -0.2) is 20.8 Å². The molecule has 1 N–H and O–H groups in total. The van der Waals surface area contributed by atoms with Crippen LogP contribution in [0.15, 0.2) is 12.3 Å². The van der Waals surface area contributed by atoms with Gasteiger partial charge in [0.15, 0.2) is 5.65 Å². The summed E-state index contributed by atoms with van der Waals surface area (Å²) in [5, 5.41) is 9.00. The Hall–Kier alpha value is -1.42. The minimum atomic E-state index is 0.542. The molecule has 4 nitrogen and oxygen atoms in total. The van der Waals surface area contributed by atoms with Gasteiger partial charge in [0.2, 0.25) is 0 Å². The molecule has 17 heavy (non-hydrogen) atoms. The lowest BCUT2D eigenvalue weighted by Gasteiger charge is -2.10. The molecule has 0 aliphatic heterocycles. The van der Waals surface area contributed by atoms with Crippen molar-refractivity contribution in [1.82, 2.24) is 20.1 Å². The number of hydrogen-bond donors (Lipinski definition) is 1. The molecular weight excluding hydrogens is 212 g/mol. The Kier molecular flexibility index (Phi) is 3.43. The van der Waals surface area contributed by atoms with Crippen LogP contribution in [-0.2, 0) is 13.6 Å².